The molecule has 2 heterocycles. The third-order valence-electron chi connectivity index (χ3n) is 9.08. The SMILES string of the molecule is O=C(O)CCCCCCCn1c(=O)c2ccccc2n(CCCCN2CCC(OC(c3ccccc3)c3ccccc3)CC2)c1=O. The molecule has 3 aromatic carbocycles. The van der Waals surface area contributed by atoms with Crippen LogP contribution in [0.4, 0.5) is 0 Å². The monoisotopic (exact) mass is 625 g/mol. The highest BCUT2D eigenvalue weighted by Gasteiger charge is 2.24. The molecule has 1 N–H and O–H groups in total. The Bertz CT molecular complexity index is 1600. The van der Waals surface area contributed by atoms with E-state index < -0.39 is 5.97 Å². The predicted molar refractivity (Wildman–Crippen MR) is 182 cm³/mol. The van der Waals surface area contributed by atoms with Crippen LogP contribution in [-0.2, 0) is 22.6 Å². The number of aliphatic carboxylic acids is 1. The lowest BCUT2D eigenvalue weighted by Gasteiger charge is -2.34. The molecule has 0 atom stereocenters. The normalized spacial score (nSPS) is 14.3. The maximum absolute atomic E-state index is 13.5. The molecular weight excluding hydrogens is 578 g/mol. The van der Waals surface area contributed by atoms with E-state index in [1.165, 1.54) is 15.7 Å². The molecule has 0 aliphatic carbocycles. The number of ether oxygens (including phenoxy) is 1. The summed E-state index contributed by atoms with van der Waals surface area (Å²) in [4.78, 5) is 39.9. The van der Waals surface area contributed by atoms with Gasteiger partial charge in [0.1, 0.15) is 6.10 Å². The van der Waals surface area contributed by atoms with Crippen LogP contribution in [0.3, 0.4) is 0 Å². The first kappa shape index (κ1) is 33.4. The van der Waals surface area contributed by atoms with Gasteiger partial charge in [0.05, 0.1) is 17.0 Å². The van der Waals surface area contributed by atoms with Gasteiger partial charge in [-0.2, -0.15) is 0 Å². The number of likely N-dealkylation sites (tertiary alicyclic amines) is 1. The van der Waals surface area contributed by atoms with Gasteiger partial charge in [-0.1, -0.05) is 92.1 Å². The molecule has 46 heavy (non-hydrogen) atoms. The van der Waals surface area contributed by atoms with Gasteiger partial charge in [0.25, 0.3) is 5.56 Å². The van der Waals surface area contributed by atoms with E-state index >= 15 is 0 Å². The molecular formula is C38H47N3O5. The number of aryl methyl sites for hydroxylation is 1. The zero-order chi connectivity index (χ0) is 32.1. The summed E-state index contributed by atoms with van der Waals surface area (Å²) in [5, 5.41) is 9.38. The summed E-state index contributed by atoms with van der Waals surface area (Å²) < 4.78 is 9.88. The number of carbonyl (C=O) groups is 1. The Morgan fingerprint density at radius 3 is 1.91 bits per heavy atom. The van der Waals surface area contributed by atoms with Crippen molar-refractivity contribution in [2.24, 2.45) is 0 Å². The Balaban J connectivity index is 1.11. The largest absolute Gasteiger partial charge is 0.481 e. The zero-order valence-electron chi connectivity index (χ0n) is 26.8. The van der Waals surface area contributed by atoms with Gasteiger partial charge in [-0.15, -0.1) is 0 Å². The van der Waals surface area contributed by atoms with Crippen molar-refractivity contribution in [3.8, 4) is 0 Å². The number of para-hydroxylation sites is 1. The number of fused-ring (bicyclic) bond motifs is 1. The molecule has 1 fully saturated rings. The van der Waals surface area contributed by atoms with Gasteiger partial charge in [-0.05, 0) is 68.3 Å². The maximum Gasteiger partial charge on any atom is 0.331 e. The van der Waals surface area contributed by atoms with Crippen LogP contribution in [-0.4, -0.2) is 50.8 Å². The molecule has 0 saturated carbocycles. The first-order valence-corrected chi connectivity index (χ1v) is 16.9. The average molecular weight is 626 g/mol. The molecule has 1 aromatic heterocycles. The topological polar surface area (TPSA) is 93.8 Å². The lowest BCUT2D eigenvalue weighted by molar-refractivity contribution is -0.137. The Hall–Kier alpha value is -4.01. The van der Waals surface area contributed by atoms with E-state index in [1.54, 1.807) is 4.57 Å². The smallest absolute Gasteiger partial charge is 0.331 e. The lowest BCUT2D eigenvalue weighted by atomic mass is 10.00. The number of hydrogen-bond donors (Lipinski definition) is 1. The number of nitrogens with zero attached hydrogens (tertiary/aromatic N) is 3. The fourth-order valence-electron chi connectivity index (χ4n) is 6.53. The molecule has 8 nitrogen and oxygen atoms in total. The number of unbranched alkanes of at least 4 members (excludes halogenated alkanes) is 5. The molecule has 8 heteroatoms. The second-order valence-corrected chi connectivity index (χ2v) is 12.4. The summed E-state index contributed by atoms with van der Waals surface area (Å²) in [6.45, 7) is 3.91. The van der Waals surface area contributed by atoms with Crippen molar-refractivity contribution in [1.29, 1.82) is 0 Å². The number of carboxylic acids is 1. The lowest BCUT2D eigenvalue weighted by Crippen LogP contribution is -2.40. The van der Waals surface area contributed by atoms with E-state index in [1.807, 2.05) is 36.4 Å². The highest BCUT2D eigenvalue weighted by Crippen LogP contribution is 2.30. The molecule has 0 spiro atoms. The second kappa shape index (κ2) is 17.1. The van der Waals surface area contributed by atoms with E-state index in [0.29, 0.717) is 30.4 Å². The highest BCUT2D eigenvalue weighted by molar-refractivity contribution is 5.77. The summed E-state index contributed by atoms with van der Waals surface area (Å²) in [7, 11) is 0. The molecule has 1 aliphatic heterocycles. The number of benzene rings is 3. The summed E-state index contributed by atoms with van der Waals surface area (Å²) >= 11 is 0. The number of carboxylic acid groups (broad SMARTS) is 1. The molecule has 4 aromatic rings. The van der Waals surface area contributed by atoms with Crippen molar-refractivity contribution in [3.05, 3.63) is 117 Å². The van der Waals surface area contributed by atoms with Gasteiger partial charge < -0.3 is 14.7 Å². The van der Waals surface area contributed by atoms with Gasteiger partial charge in [-0.3, -0.25) is 18.7 Å². The van der Waals surface area contributed by atoms with Gasteiger partial charge in [0, 0.05) is 32.6 Å². The van der Waals surface area contributed by atoms with E-state index in [9.17, 15) is 14.4 Å². The quantitative estimate of drug-likeness (QED) is 0.132. The van der Waals surface area contributed by atoms with Gasteiger partial charge in [-0.25, -0.2) is 4.79 Å². The molecule has 0 bridgehead atoms. The van der Waals surface area contributed by atoms with Gasteiger partial charge in [0.2, 0.25) is 0 Å². The third-order valence-corrected chi connectivity index (χ3v) is 9.08. The first-order chi connectivity index (χ1) is 22.5. The minimum Gasteiger partial charge on any atom is -0.481 e. The molecule has 0 amide bonds. The van der Waals surface area contributed by atoms with Crippen LogP contribution >= 0.6 is 0 Å². The average Bonchev–Trinajstić information content (AvgIpc) is 3.09. The Labute approximate surface area is 271 Å². The first-order valence-electron chi connectivity index (χ1n) is 16.9. The van der Waals surface area contributed by atoms with Gasteiger partial charge in [0.15, 0.2) is 0 Å². The van der Waals surface area contributed by atoms with Crippen molar-refractivity contribution in [1.82, 2.24) is 14.0 Å². The Morgan fingerprint density at radius 1 is 0.696 bits per heavy atom. The van der Waals surface area contributed by atoms with Crippen molar-refractivity contribution in [2.75, 3.05) is 19.6 Å². The summed E-state index contributed by atoms with van der Waals surface area (Å²) in [5.74, 6) is -0.769. The fourth-order valence-corrected chi connectivity index (χ4v) is 6.53. The molecule has 1 aliphatic rings. The molecule has 1 saturated heterocycles. The number of aromatic nitrogens is 2. The van der Waals surface area contributed by atoms with Crippen molar-refractivity contribution >= 4 is 16.9 Å². The van der Waals surface area contributed by atoms with E-state index in [0.717, 1.165) is 71.0 Å². The van der Waals surface area contributed by atoms with Crippen LogP contribution in [0.15, 0.2) is 94.5 Å². The molecule has 0 unspecified atom stereocenters. The van der Waals surface area contributed by atoms with Crippen LogP contribution < -0.4 is 11.2 Å². The predicted octanol–water partition coefficient (Wildman–Crippen LogP) is 6.64. The third kappa shape index (κ3) is 9.04. The molecule has 5 rings (SSSR count). The van der Waals surface area contributed by atoms with Crippen LogP contribution in [0.25, 0.3) is 10.9 Å². The van der Waals surface area contributed by atoms with Crippen LogP contribution in [0.2, 0.25) is 0 Å². The second-order valence-electron chi connectivity index (χ2n) is 12.4. The molecule has 244 valence electrons. The van der Waals surface area contributed by atoms with Crippen LogP contribution in [0.5, 0.6) is 0 Å². The van der Waals surface area contributed by atoms with Crippen molar-refractivity contribution in [2.45, 2.75) is 89.5 Å². The van der Waals surface area contributed by atoms with Crippen LogP contribution in [0.1, 0.15) is 81.4 Å². The summed E-state index contributed by atoms with van der Waals surface area (Å²) in [6.07, 6.45) is 8.11. The van der Waals surface area contributed by atoms with E-state index in [4.69, 9.17) is 9.84 Å². The Morgan fingerprint density at radius 2 is 1.24 bits per heavy atom. The van der Waals surface area contributed by atoms with E-state index in [-0.39, 0.29) is 29.9 Å². The highest BCUT2D eigenvalue weighted by atomic mass is 16.5. The number of hydrogen-bond acceptors (Lipinski definition) is 5. The minimum absolute atomic E-state index is 0.0702. The fraction of sp³-hybridized carbons (Fsp3) is 0.447. The zero-order valence-corrected chi connectivity index (χ0v) is 26.8. The van der Waals surface area contributed by atoms with Crippen LogP contribution in [0, 0.1) is 0 Å². The molecule has 0 radical (unpaired) electrons. The van der Waals surface area contributed by atoms with Gasteiger partial charge >= 0.3 is 11.7 Å². The summed E-state index contributed by atoms with van der Waals surface area (Å²) in [5.41, 5.74) is 2.59. The maximum atomic E-state index is 13.5. The van der Waals surface area contributed by atoms with Crippen molar-refractivity contribution in [3.63, 3.8) is 0 Å². The Kier molecular flexibility index (Phi) is 12.4. The number of rotatable bonds is 17. The number of piperidine rings is 1. The standard InChI is InChI=1S/C38H47N3O5/c42-35(43)22-10-2-1-3-13-27-41-37(44)33-20-11-12-21-34(33)40(38(41)45)26-15-14-25-39-28-23-32(24-29-39)46-36(30-16-6-4-7-17-30)31-18-8-5-9-19-31/h4-9,11-12,16-21,32,36H,1-3,10,13-15,22-29H2,(H,42,43). The van der Waals surface area contributed by atoms with Crippen molar-refractivity contribution < 1.29 is 14.6 Å². The van der Waals surface area contributed by atoms with E-state index in [2.05, 4.69) is 53.4 Å². The summed E-state index contributed by atoms with van der Waals surface area (Å²) in [6, 6.07) is 28.3. The minimum atomic E-state index is -0.769.